The molecular weight excluding hydrogens is 206 g/mol. The van der Waals surface area contributed by atoms with Gasteiger partial charge < -0.3 is 14.7 Å². The molecule has 3 N–H and O–H groups in total. The van der Waals surface area contributed by atoms with E-state index in [1.807, 2.05) is 0 Å². The highest BCUT2D eigenvalue weighted by Gasteiger charge is 2.44. The minimum Gasteiger partial charge on any atom is -0.316 e. The maximum atomic E-state index is 10.8. The van der Waals surface area contributed by atoms with Crippen LogP contribution in [-0.2, 0) is 13.7 Å². The third-order valence-electron chi connectivity index (χ3n) is 0.722. The summed E-state index contributed by atoms with van der Waals surface area (Å²) < 4.78 is 25.5. The molecule has 0 fully saturated rings. The van der Waals surface area contributed by atoms with Gasteiger partial charge in [-0.25, -0.2) is 9.13 Å². The molecule has 0 rings (SSSR count). The molecule has 0 aliphatic rings. The van der Waals surface area contributed by atoms with Crippen LogP contribution in [0.2, 0.25) is 0 Å². The summed E-state index contributed by atoms with van der Waals surface area (Å²) in [7, 11) is -9.91. The Kier molecular flexibility index (Phi) is 3.30. The molecule has 0 radical (unpaired) electrons. The summed E-state index contributed by atoms with van der Waals surface area (Å²) in [6.45, 7) is 4.27. The fraction of sp³-hybridized carbons (Fsp3) is 1.00. The van der Waals surface area contributed by atoms with E-state index in [9.17, 15) is 9.13 Å². The Hall–Kier alpha value is 0.300. The molecule has 1 unspecified atom stereocenters. The number of rotatable bonds is 2. The molecule has 0 heterocycles. The lowest BCUT2D eigenvalue weighted by Gasteiger charge is -2.23. The van der Waals surface area contributed by atoms with Crippen molar-refractivity contribution in [2.75, 3.05) is 0 Å². The standard InChI is InChI=1S/C4H12O6P2/c1-4(2,3)10-12(8,9)11(5,6)7/h1-3H3,(H,8,9)(H2,5,6,7). The van der Waals surface area contributed by atoms with Gasteiger partial charge in [-0.15, -0.1) is 0 Å². The van der Waals surface area contributed by atoms with Crippen LogP contribution in [0.3, 0.4) is 0 Å². The zero-order valence-electron chi connectivity index (χ0n) is 6.96. The maximum absolute atomic E-state index is 10.8. The van der Waals surface area contributed by atoms with Gasteiger partial charge in [-0.1, -0.05) is 0 Å². The maximum Gasteiger partial charge on any atom is 0.438 e. The monoisotopic (exact) mass is 218 g/mol. The average Bonchev–Trinajstić information content (AvgIpc) is 1.52. The molecule has 1 atom stereocenters. The normalized spacial score (nSPS) is 18.8. The zero-order valence-corrected chi connectivity index (χ0v) is 8.75. The Labute approximate surface area is 70.2 Å². The van der Waals surface area contributed by atoms with Gasteiger partial charge in [-0.2, -0.15) is 0 Å². The molecule has 0 bridgehead atoms. The largest absolute Gasteiger partial charge is 0.438 e. The SMILES string of the molecule is CC(C)(C)OP(=O)(O)P(=O)(O)O. The van der Waals surface area contributed by atoms with E-state index in [-0.39, 0.29) is 0 Å². The summed E-state index contributed by atoms with van der Waals surface area (Å²) in [4.78, 5) is 25.5. The molecule has 6 nitrogen and oxygen atoms in total. The highest BCUT2D eigenvalue weighted by atomic mass is 32.1. The topological polar surface area (TPSA) is 104 Å². The predicted octanol–water partition coefficient (Wildman–Crippen LogP) is 1.08. The van der Waals surface area contributed by atoms with Crippen LogP contribution in [0, 0.1) is 0 Å². The fourth-order valence-electron chi connectivity index (χ4n) is 0.410. The van der Waals surface area contributed by atoms with Gasteiger partial charge in [0, 0.05) is 0 Å². The van der Waals surface area contributed by atoms with E-state index >= 15 is 0 Å². The molecule has 0 spiro atoms. The molecule has 0 saturated heterocycles. The highest BCUT2D eigenvalue weighted by Crippen LogP contribution is 2.76. The van der Waals surface area contributed by atoms with E-state index < -0.39 is 20.2 Å². The summed E-state index contributed by atoms with van der Waals surface area (Å²) in [5.74, 6) is 0. The summed E-state index contributed by atoms with van der Waals surface area (Å²) in [5, 5.41) is 0. The Morgan fingerprint density at radius 1 is 1.08 bits per heavy atom. The molecule has 0 aromatic carbocycles. The van der Waals surface area contributed by atoms with Crippen molar-refractivity contribution in [2.45, 2.75) is 26.4 Å². The molecule has 0 aromatic heterocycles. The van der Waals surface area contributed by atoms with Crippen molar-refractivity contribution in [1.82, 2.24) is 0 Å². The van der Waals surface area contributed by atoms with Gasteiger partial charge in [0.15, 0.2) is 0 Å². The summed E-state index contributed by atoms with van der Waals surface area (Å²) in [6, 6.07) is 0. The first-order valence-corrected chi connectivity index (χ1v) is 6.95. The second kappa shape index (κ2) is 3.22. The van der Waals surface area contributed by atoms with Crippen LogP contribution in [-0.4, -0.2) is 20.3 Å². The van der Waals surface area contributed by atoms with Gasteiger partial charge in [-0.3, -0.25) is 4.52 Å². The second-order valence-corrected chi connectivity index (χ2v) is 8.48. The van der Waals surface area contributed by atoms with Crippen molar-refractivity contribution in [3.05, 3.63) is 0 Å². The van der Waals surface area contributed by atoms with E-state index in [0.717, 1.165) is 0 Å². The third kappa shape index (κ3) is 3.81. The predicted molar refractivity (Wildman–Crippen MR) is 42.7 cm³/mol. The number of hydrogen-bond donors (Lipinski definition) is 3. The average molecular weight is 218 g/mol. The van der Waals surface area contributed by atoms with Crippen molar-refractivity contribution in [1.29, 1.82) is 0 Å². The third-order valence-corrected chi connectivity index (χ3v) is 4.39. The zero-order chi connectivity index (χ0) is 10.2. The minimum absolute atomic E-state index is 1.06. The van der Waals surface area contributed by atoms with E-state index in [2.05, 4.69) is 4.52 Å². The number of hydrogen-bond acceptors (Lipinski definition) is 3. The molecule has 0 aliphatic carbocycles. The van der Waals surface area contributed by atoms with Crippen molar-refractivity contribution >= 4 is 14.6 Å². The Balaban J connectivity index is 4.69. The summed E-state index contributed by atoms with van der Waals surface area (Å²) in [5.41, 5.74) is -1.06. The first-order valence-electron chi connectivity index (χ1n) is 3.05. The van der Waals surface area contributed by atoms with Crippen LogP contribution in [0.15, 0.2) is 0 Å². The molecule has 0 aliphatic heterocycles. The van der Waals surface area contributed by atoms with E-state index in [4.69, 9.17) is 14.7 Å². The molecule has 12 heavy (non-hydrogen) atoms. The summed E-state index contributed by atoms with van der Waals surface area (Å²) in [6.07, 6.45) is 0. The van der Waals surface area contributed by atoms with Gasteiger partial charge >= 0.3 is 14.6 Å². The first-order chi connectivity index (χ1) is 4.96. The molecule has 74 valence electrons. The minimum atomic E-state index is -5.08. The first kappa shape index (κ1) is 12.3. The fourth-order valence-corrected chi connectivity index (χ4v) is 2.28. The van der Waals surface area contributed by atoms with Crippen molar-refractivity contribution in [2.24, 2.45) is 0 Å². The lowest BCUT2D eigenvalue weighted by Crippen LogP contribution is -2.17. The van der Waals surface area contributed by atoms with Crippen molar-refractivity contribution in [3.8, 4) is 0 Å². The molecule has 0 saturated carbocycles. The lowest BCUT2D eigenvalue weighted by atomic mass is 10.2. The van der Waals surface area contributed by atoms with Gasteiger partial charge in [0.05, 0.1) is 5.60 Å². The smallest absolute Gasteiger partial charge is 0.316 e. The van der Waals surface area contributed by atoms with Crippen LogP contribution >= 0.6 is 14.6 Å². The molecular formula is C4H12O6P2. The second-order valence-electron chi connectivity index (χ2n) is 3.21. The Bertz CT molecular complexity index is 247. The van der Waals surface area contributed by atoms with Gasteiger partial charge in [0.25, 0.3) is 0 Å². The van der Waals surface area contributed by atoms with Crippen LogP contribution in [0.5, 0.6) is 0 Å². The van der Waals surface area contributed by atoms with Gasteiger partial charge in [-0.05, 0) is 20.8 Å². The van der Waals surface area contributed by atoms with Crippen LogP contribution < -0.4 is 0 Å². The highest BCUT2D eigenvalue weighted by molar-refractivity contribution is 8.26. The van der Waals surface area contributed by atoms with Crippen LogP contribution in [0.1, 0.15) is 20.8 Å². The van der Waals surface area contributed by atoms with Crippen LogP contribution in [0.4, 0.5) is 0 Å². The van der Waals surface area contributed by atoms with Crippen molar-refractivity contribution in [3.63, 3.8) is 0 Å². The van der Waals surface area contributed by atoms with Crippen molar-refractivity contribution < 1.29 is 28.3 Å². The summed E-state index contributed by atoms with van der Waals surface area (Å²) >= 11 is 0. The van der Waals surface area contributed by atoms with E-state index in [1.54, 1.807) is 0 Å². The molecule has 0 aromatic rings. The van der Waals surface area contributed by atoms with Gasteiger partial charge in [0.2, 0.25) is 0 Å². The molecule has 8 heteroatoms. The molecule has 0 amide bonds. The van der Waals surface area contributed by atoms with Crippen LogP contribution in [0.25, 0.3) is 0 Å². The Morgan fingerprint density at radius 3 is 1.50 bits per heavy atom. The van der Waals surface area contributed by atoms with E-state index in [1.165, 1.54) is 20.8 Å². The lowest BCUT2D eigenvalue weighted by molar-refractivity contribution is 0.115. The van der Waals surface area contributed by atoms with Gasteiger partial charge in [0.1, 0.15) is 0 Å². The Morgan fingerprint density at radius 2 is 1.42 bits per heavy atom. The van der Waals surface area contributed by atoms with E-state index in [0.29, 0.717) is 0 Å². The quantitative estimate of drug-likeness (QED) is 0.599.